The van der Waals surface area contributed by atoms with Crippen LogP contribution >= 0.6 is 30.8 Å². The first kappa shape index (κ1) is 25.4. The first-order chi connectivity index (χ1) is 15.6. The summed E-state index contributed by atoms with van der Waals surface area (Å²) in [7, 11) is -4.53. The maximum atomic E-state index is 11.4. The molecule has 2 heterocycles. The maximum Gasteiger partial charge on any atom is 0.429 e. The lowest BCUT2D eigenvalue weighted by molar-refractivity contribution is 0.259. The Morgan fingerprint density at radius 1 is 1.24 bits per heavy atom. The quantitative estimate of drug-likeness (QED) is 0.152. The Bertz CT molecular complexity index is 1210. The molecule has 0 amide bonds. The van der Waals surface area contributed by atoms with E-state index < -0.39 is 7.75 Å². The van der Waals surface area contributed by atoms with Gasteiger partial charge in [0.25, 0.3) is 0 Å². The van der Waals surface area contributed by atoms with Gasteiger partial charge in [-0.3, -0.25) is 5.09 Å². The molecule has 0 bridgehead atoms. The standard InChI is InChI=1S/C20H25N6O4PS2/c1-11(2)7-15(10-27)22-17-16-18(25-20(33-16)26-31(28,29)30)24-19(23-17)32-12(3)14-6-4-5-13(8-14)9-21/h4-6,8,11-12,15,27H,7,10H2,1-3H3,(H4,22,23,24,25,26,28,29,30)/t12?,15-/m1/s1. The van der Waals surface area contributed by atoms with Crippen LogP contribution < -0.4 is 10.4 Å². The van der Waals surface area contributed by atoms with E-state index in [4.69, 9.17) is 5.26 Å². The van der Waals surface area contributed by atoms with E-state index >= 15 is 0 Å². The number of aromatic nitrogens is 3. The van der Waals surface area contributed by atoms with Gasteiger partial charge in [0.1, 0.15) is 4.70 Å². The minimum atomic E-state index is -4.53. The van der Waals surface area contributed by atoms with Crippen molar-refractivity contribution in [2.75, 3.05) is 17.0 Å². The third-order valence-corrected chi connectivity index (χ3v) is 7.20. The molecule has 0 aliphatic heterocycles. The number of hydrogen-bond donors (Lipinski definition) is 5. The molecule has 13 heteroatoms. The molecule has 0 fully saturated rings. The van der Waals surface area contributed by atoms with Gasteiger partial charge in [0.15, 0.2) is 21.8 Å². The number of anilines is 2. The topological polar surface area (TPSA) is 164 Å². The zero-order valence-corrected chi connectivity index (χ0v) is 20.8. The van der Waals surface area contributed by atoms with Gasteiger partial charge >= 0.3 is 7.75 Å². The minimum absolute atomic E-state index is 0.0250. The van der Waals surface area contributed by atoms with Crippen molar-refractivity contribution in [2.45, 2.75) is 43.6 Å². The highest BCUT2D eigenvalue weighted by Crippen LogP contribution is 2.41. The van der Waals surface area contributed by atoms with E-state index in [1.165, 1.54) is 11.8 Å². The minimum Gasteiger partial charge on any atom is -0.394 e. The molecule has 0 spiro atoms. The van der Waals surface area contributed by atoms with Crippen LogP contribution in [0.5, 0.6) is 0 Å². The highest BCUT2D eigenvalue weighted by atomic mass is 32.2. The van der Waals surface area contributed by atoms with Crippen LogP contribution in [-0.4, -0.2) is 42.5 Å². The van der Waals surface area contributed by atoms with Crippen LogP contribution in [0.25, 0.3) is 10.3 Å². The van der Waals surface area contributed by atoms with E-state index in [-0.39, 0.29) is 28.7 Å². The smallest absolute Gasteiger partial charge is 0.394 e. The molecule has 176 valence electrons. The van der Waals surface area contributed by atoms with Crippen LogP contribution in [0.4, 0.5) is 10.9 Å². The summed E-state index contributed by atoms with van der Waals surface area (Å²) < 4.78 is 11.9. The molecule has 0 saturated carbocycles. The van der Waals surface area contributed by atoms with Crippen molar-refractivity contribution >= 4 is 52.1 Å². The van der Waals surface area contributed by atoms with Crippen LogP contribution in [0.15, 0.2) is 29.4 Å². The molecule has 2 atom stereocenters. The number of thiazole rings is 1. The molecular formula is C20H25N6O4PS2. The summed E-state index contributed by atoms with van der Waals surface area (Å²) >= 11 is 2.39. The number of fused-ring (bicyclic) bond motifs is 1. The third-order valence-electron chi connectivity index (χ3n) is 4.56. The van der Waals surface area contributed by atoms with E-state index in [1.807, 2.05) is 39.0 Å². The molecule has 0 aliphatic carbocycles. The number of aliphatic hydroxyl groups is 1. The van der Waals surface area contributed by atoms with Gasteiger partial charge in [-0.05, 0) is 37.0 Å². The summed E-state index contributed by atoms with van der Waals surface area (Å²) in [5.41, 5.74) is 1.79. The Morgan fingerprint density at radius 2 is 2.00 bits per heavy atom. The SMILES string of the molecule is CC(C)C[C@H](CO)Nc1nc(SC(C)c2cccc(C#N)c2)nc2nc(NP(=O)(O)O)sc12. The molecule has 1 unspecified atom stereocenters. The molecule has 3 aromatic rings. The van der Waals surface area contributed by atoms with Gasteiger partial charge in [-0.25, -0.2) is 14.5 Å². The van der Waals surface area contributed by atoms with Crippen molar-refractivity contribution < 1.29 is 19.5 Å². The zero-order chi connectivity index (χ0) is 24.2. The van der Waals surface area contributed by atoms with Gasteiger partial charge in [0.2, 0.25) is 0 Å². The van der Waals surface area contributed by atoms with Gasteiger partial charge < -0.3 is 20.2 Å². The number of rotatable bonds is 10. The summed E-state index contributed by atoms with van der Waals surface area (Å²) in [6, 6.07) is 9.16. The van der Waals surface area contributed by atoms with Crippen LogP contribution in [0.3, 0.4) is 0 Å². The van der Waals surface area contributed by atoms with Gasteiger partial charge in [-0.15, -0.1) is 0 Å². The van der Waals surface area contributed by atoms with Crippen molar-refractivity contribution in [3.8, 4) is 6.07 Å². The van der Waals surface area contributed by atoms with E-state index in [0.29, 0.717) is 33.6 Å². The van der Waals surface area contributed by atoms with Crippen molar-refractivity contribution in [1.29, 1.82) is 5.26 Å². The maximum absolute atomic E-state index is 11.4. The van der Waals surface area contributed by atoms with Crippen LogP contribution in [-0.2, 0) is 4.57 Å². The summed E-state index contributed by atoms with van der Waals surface area (Å²) in [4.78, 5) is 31.8. The van der Waals surface area contributed by atoms with E-state index in [9.17, 15) is 19.5 Å². The van der Waals surface area contributed by atoms with E-state index in [2.05, 4.69) is 31.4 Å². The molecule has 10 nitrogen and oxygen atoms in total. The number of aliphatic hydroxyl groups excluding tert-OH is 1. The number of benzene rings is 1. The Hall–Kier alpha value is -2.26. The monoisotopic (exact) mass is 508 g/mol. The third kappa shape index (κ3) is 7.11. The molecule has 2 aromatic heterocycles. The predicted octanol–water partition coefficient (Wildman–Crippen LogP) is 4.13. The lowest BCUT2D eigenvalue weighted by Gasteiger charge is -2.19. The van der Waals surface area contributed by atoms with Crippen molar-refractivity contribution in [3.63, 3.8) is 0 Å². The summed E-state index contributed by atoms with van der Waals surface area (Å²) in [6.07, 6.45) is 0.703. The second-order valence-corrected chi connectivity index (χ2v) is 11.5. The van der Waals surface area contributed by atoms with Crippen molar-refractivity contribution in [2.24, 2.45) is 5.92 Å². The van der Waals surface area contributed by atoms with Gasteiger partial charge in [-0.1, -0.05) is 49.1 Å². The van der Waals surface area contributed by atoms with Gasteiger partial charge in [-0.2, -0.15) is 10.2 Å². The van der Waals surface area contributed by atoms with Crippen molar-refractivity contribution in [3.05, 3.63) is 35.4 Å². The molecule has 0 saturated heterocycles. The molecule has 5 N–H and O–H groups in total. The highest BCUT2D eigenvalue weighted by Gasteiger charge is 2.22. The largest absolute Gasteiger partial charge is 0.429 e. The van der Waals surface area contributed by atoms with Crippen LogP contribution in [0.1, 0.15) is 43.6 Å². The number of thioether (sulfide) groups is 1. The number of nitrogens with zero attached hydrogens (tertiary/aromatic N) is 4. The second kappa shape index (κ2) is 10.8. The van der Waals surface area contributed by atoms with Gasteiger partial charge in [0.05, 0.1) is 24.3 Å². The fourth-order valence-corrected chi connectivity index (χ4v) is 5.59. The Morgan fingerprint density at radius 3 is 2.64 bits per heavy atom. The average molecular weight is 509 g/mol. The van der Waals surface area contributed by atoms with E-state index in [1.54, 1.807) is 6.07 Å². The average Bonchev–Trinajstić information content (AvgIpc) is 3.13. The number of hydrogen-bond acceptors (Lipinski definition) is 9. The lowest BCUT2D eigenvalue weighted by Crippen LogP contribution is -2.26. The summed E-state index contributed by atoms with van der Waals surface area (Å²) in [5.74, 6) is 0.776. The first-order valence-corrected chi connectivity index (χ1v) is 13.4. The summed E-state index contributed by atoms with van der Waals surface area (Å²) in [5, 5.41) is 24.7. The highest BCUT2D eigenvalue weighted by molar-refractivity contribution is 7.99. The molecule has 1 aromatic carbocycles. The molecule has 3 rings (SSSR count). The Kier molecular flexibility index (Phi) is 8.28. The fraction of sp³-hybridized carbons (Fsp3) is 0.400. The molecule has 0 aliphatic rings. The summed E-state index contributed by atoms with van der Waals surface area (Å²) in [6.45, 7) is 5.97. The fourth-order valence-electron chi connectivity index (χ4n) is 3.16. The Balaban J connectivity index is 1.98. The Labute approximate surface area is 199 Å². The van der Waals surface area contributed by atoms with Crippen molar-refractivity contribution in [1.82, 2.24) is 15.0 Å². The van der Waals surface area contributed by atoms with Crippen LogP contribution in [0.2, 0.25) is 0 Å². The van der Waals surface area contributed by atoms with Crippen LogP contribution in [0, 0.1) is 17.2 Å². The first-order valence-electron chi connectivity index (χ1n) is 10.1. The number of nitrogens with one attached hydrogen (secondary N) is 2. The molecule has 33 heavy (non-hydrogen) atoms. The normalized spacial score (nSPS) is 13.6. The predicted molar refractivity (Wildman–Crippen MR) is 130 cm³/mol. The number of nitriles is 1. The molecular weight excluding hydrogens is 483 g/mol. The lowest BCUT2D eigenvalue weighted by atomic mass is 10.0. The zero-order valence-electron chi connectivity index (χ0n) is 18.3. The molecule has 0 radical (unpaired) electrons. The van der Waals surface area contributed by atoms with E-state index in [0.717, 1.165) is 16.9 Å². The van der Waals surface area contributed by atoms with Gasteiger partial charge in [0, 0.05) is 5.25 Å². The second-order valence-electron chi connectivity index (χ2n) is 7.83.